The smallest absolute Gasteiger partial charge is 0.201 e. The summed E-state index contributed by atoms with van der Waals surface area (Å²) in [5.41, 5.74) is 3.20. The molecular formula is C28H60O2Si2. The average Bonchev–Trinajstić information content (AvgIpc) is 2.62. The van der Waals surface area contributed by atoms with E-state index in [1.54, 1.807) is 0 Å². The van der Waals surface area contributed by atoms with E-state index in [2.05, 4.69) is 102 Å². The topological polar surface area (TPSA) is 18.5 Å². The Balaban J connectivity index is 6.12. The minimum Gasteiger partial charge on any atom is -0.413 e. The van der Waals surface area contributed by atoms with E-state index in [4.69, 9.17) is 8.85 Å². The summed E-state index contributed by atoms with van der Waals surface area (Å²) in [5.74, 6) is 0.503. The van der Waals surface area contributed by atoms with Crippen LogP contribution >= 0.6 is 0 Å². The Bertz CT molecular complexity index is 520. The molecule has 1 unspecified atom stereocenters. The van der Waals surface area contributed by atoms with E-state index >= 15 is 0 Å². The summed E-state index contributed by atoms with van der Waals surface area (Å²) in [6, 6.07) is 0. The van der Waals surface area contributed by atoms with Crippen LogP contribution < -0.4 is 0 Å². The summed E-state index contributed by atoms with van der Waals surface area (Å²) in [6.45, 7) is 33.7. The Morgan fingerprint density at radius 1 is 0.812 bits per heavy atom. The highest BCUT2D eigenvalue weighted by atomic mass is 28.4. The van der Waals surface area contributed by atoms with E-state index in [1.807, 2.05) is 0 Å². The van der Waals surface area contributed by atoms with Gasteiger partial charge in [0, 0.05) is 0 Å². The van der Waals surface area contributed by atoms with Crippen LogP contribution in [0.4, 0.5) is 0 Å². The van der Waals surface area contributed by atoms with Gasteiger partial charge in [-0.1, -0.05) is 115 Å². The monoisotopic (exact) mass is 484 g/mol. The molecule has 0 aliphatic heterocycles. The van der Waals surface area contributed by atoms with E-state index in [0.29, 0.717) is 22.5 Å². The van der Waals surface area contributed by atoms with Crippen molar-refractivity contribution in [2.24, 2.45) is 5.92 Å². The largest absolute Gasteiger partial charge is 0.413 e. The highest BCUT2D eigenvalue weighted by molar-refractivity contribution is 6.77. The predicted molar refractivity (Wildman–Crippen MR) is 151 cm³/mol. The molecule has 0 amide bonds. The van der Waals surface area contributed by atoms with Crippen LogP contribution in [0.5, 0.6) is 0 Å². The third-order valence-electron chi connectivity index (χ3n) is 7.74. The Hall–Kier alpha value is 0.0938. The van der Waals surface area contributed by atoms with Crippen molar-refractivity contribution < 1.29 is 8.85 Å². The maximum Gasteiger partial charge on any atom is 0.201 e. The quantitative estimate of drug-likeness (QED) is 0.131. The first kappa shape index (κ1) is 32.1. The second-order valence-corrected chi connectivity index (χ2v) is 23.0. The van der Waals surface area contributed by atoms with Gasteiger partial charge in [0.25, 0.3) is 0 Å². The van der Waals surface area contributed by atoms with Gasteiger partial charge in [-0.15, -0.1) is 0 Å². The van der Waals surface area contributed by atoms with Crippen LogP contribution in [0.1, 0.15) is 115 Å². The molecule has 1 atom stereocenters. The van der Waals surface area contributed by atoms with Crippen LogP contribution in [0.25, 0.3) is 0 Å². The lowest BCUT2D eigenvalue weighted by atomic mass is 10.00. The minimum atomic E-state index is -1.97. The molecule has 0 aliphatic rings. The van der Waals surface area contributed by atoms with Crippen LogP contribution in [0.15, 0.2) is 11.6 Å². The lowest BCUT2D eigenvalue weighted by molar-refractivity contribution is 0.173. The first-order valence-corrected chi connectivity index (χ1v) is 18.6. The minimum absolute atomic E-state index is 0.192. The van der Waals surface area contributed by atoms with E-state index < -0.39 is 16.6 Å². The van der Waals surface area contributed by atoms with E-state index in [0.717, 1.165) is 13.0 Å². The van der Waals surface area contributed by atoms with E-state index in [1.165, 1.54) is 31.3 Å². The summed E-state index contributed by atoms with van der Waals surface area (Å²) < 4.78 is 14.2. The molecule has 32 heavy (non-hydrogen) atoms. The Kier molecular flexibility index (Phi) is 13.9. The van der Waals surface area contributed by atoms with Crippen molar-refractivity contribution in [2.75, 3.05) is 6.61 Å². The molecule has 0 fully saturated rings. The van der Waals surface area contributed by atoms with Gasteiger partial charge in [-0.25, -0.2) is 0 Å². The van der Waals surface area contributed by atoms with Gasteiger partial charge in [0.15, 0.2) is 8.32 Å². The normalized spacial score (nSPS) is 15.5. The van der Waals surface area contributed by atoms with Crippen LogP contribution in [0.2, 0.25) is 34.8 Å². The third-order valence-corrected chi connectivity index (χ3v) is 18.3. The lowest BCUT2D eigenvalue weighted by Gasteiger charge is -2.45. The van der Waals surface area contributed by atoms with Crippen molar-refractivity contribution in [3.05, 3.63) is 11.6 Å². The molecule has 4 heteroatoms. The van der Waals surface area contributed by atoms with Gasteiger partial charge in [-0.05, 0) is 52.7 Å². The first-order valence-electron chi connectivity index (χ1n) is 13.5. The predicted octanol–water partition coefficient (Wildman–Crippen LogP) is 10.1. The first-order chi connectivity index (χ1) is 14.5. The molecule has 0 aliphatic carbocycles. The molecule has 0 aromatic rings. The molecule has 192 valence electrons. The van der Waals surface area contributed by atoms with Crippen molar-refractivity contribution in [1.82, 2.24) is 0 Å². The summed E-state index contributed by atoms with van der Waals surface area (Å²) in [4.78, 5) is 0. The molecule has 0 bridgehead atoms. The second-order valence-electron chi connectivity index (χ2n) is 12.8. The van der Waals surface area contributed by atoms with Crippen LogP contribution in [0, 0.1) is 5.92 Å². The third kappa shape index (κ3) is 9.39. The maximum absolute atomic E-state index is 7.42. The number of hydrogen-bond acceptors (Lipinski definition) is 2. The number of hydrogen-bond donors (Lipinski definition) is 0. The zero-order valence-electron chi connectivity index (χ0n) is 24.5. The molecule has 0 spiro atoms. The van der Waals surface area contributed by atoms with E-state index in [9.17, 15) is 0 Å². The van der Waals surface area contributed by atoms with Gasteiger partial charge < -0.3 is 8.85 Å². The molecular weight excluding hydrogens is 424 g/mol. The molecule has 0 N–H and O–H groups in total. The SMILES string of the molecule is CCCCCCC(O[Si](C(C)C)(C(C)C)C(C)C)/C(=C/C(C)C)CO[Si](C)(C)C(C)(C)C. The zero-order chi connectivity index (χ0) is 25.3. The van der Waals surface area contributed by atoms with Crippen molar-refractivity contribution in [3.63, 3.8) is 0 Å². The Morgan fingerprint density at radius 3 is 1.69 bits per heavy atom. The van der Waals surface area contributed by atoms with Crippen molar-refractivity contribution in [3.8, 4) is 0 Å². The van der Waals surface area contributed by atoms with Gasteiger partial charge in [-0.3, -0.25) is 0 Å². The average molecular weight is 485 g/mol. The van der Waals surface area contributed by atoms with Gasteiger partial charge in [0.05, 0.1) is 12.7 Å². The van der Waals surface area contributed by atoms with Crippen LogP contribution in [-0.2, 0) is 8.85 Å². The second kappa shape index (κ2) is 13.8. The van der Waals surface area contributed by atoms with Gasteiger partial charge in [-0.2, -0.15) is 0 Å². The van der Waals surface area contributed by atoms with Crippen LogP contribution in [0.3, 0.4) is 0 Å². The lowest BCUT2D eigenvalue weighted by Crippen LogP contribution is -2.51. The fourth-order valence-electron chi connectivity index (χ4n) is 4.89. The molecule has 0 saturated heterocycles. The molecule has 0 aromatic heterocycles. The van der Waals surface area contributed by atoms with Gasteiger partial charge in [0.2, 0.25) is 8.32 Å². The van der Waals surface area contributed by atoms with E-state index in [-0.39, 0.29) is 11.1 Å². The molecule has 2 nitrogen and oxygen atoms in total. The molecule has 0 radical (unpaired) electrons. The van der Waals surface area contributed by atoms with Crippen molar-refractivity contribution in [2.45, 2.75) is 156 Å². The number of rotatable bonds is 15. The van der Waals surface area contributed by atoms with Crippen molar-refractivity contribution in [1.29, 1.82) is 0 Å². The highest BCUT2D eigenvalue weighted by Gasteiger charge is 2.47. The standard InChI is InChI=1S/C28H60O2Si2/c1-15-16-17-18-19-27(30-32(23(4)5,24(6)7)25(8)9)26(20-22(2)3)21-29-31(13,14)28(10,11)12/h20,22-25,27H,15-19,21H2,1-14H3/b26-20+. The molecule has 0 saturated carbocycles. The molecule has 0 aromatic carbocycles. The summed E-state index contributed by atoms with van der Waals surface area (Å²) in [7, 11) is -3.79. The maximum atomic E-state index is 7.42. The number of unbranched alkanes of at least 4 members (excludes halogenated alkanes) is 3. The van der Waals surface area contributed by atoms with Gasteiger partial charge in [0.1, 0.15) is 0 Å². The Labute approximate surface area is 205 Å². The Morgan fingerprint density at radius 2 is 1.31 bits per heavy atom. The summed E-state index contributed by atoms with van der Waals surface area (Å²) >= 11 is 0. The summed E-state index contributed by atoms with van der Waals surface area (Å²) in [5, 5.41) is 0.222. The van der Waals surface area contributed by atoms with Gasteiger partial charge >= 0.3 is 0 Å². The highest BCUT2D eigenvalue weighted by Crippen LogP contribution is 2.44. The number of allylic oxidation sites excluding steroid dienone is 1. The molecule has 0 heterocycles. The fourth-order valence-corrected chi connectivity index (χ4v) is 11.4. The zero-order valence-corrected chi connectivity index (χ0v) is 26.5. The van der Waals surface area contributed by atoms with Crippen LogP contribution in [-0.4, -0.2) is 29.3 Å². The molecule has 0 rings (SSSR count). The van der Waals surface area contributed by atoms with Crippen molar-refractivity contribution >= 4 is 16.6 Å². The summed E-state index contributed by atoms with van der Waals surface area (Å²) in [6.07, 6.45) is 8.91. The fraction of sp³-hybridized carbons (Fsp3) is 0.929.